The highest BCUT2D eigenvalue weighted by molar-refractivity contribution is 5.96. The normalized spacial score (nSPS) is 14.7. The molecular formula is C23H21NO4. The van der Waals surface area contributed by atoms with Gasteiger partial charge in [0.05, 0.1) is 14.2 Å². The van der Waals surface area contributed by atoms with Crippen molar-refractivity contribution in [3.05, 3.63) is 72.3 Å². The molecule has 0 radical (unpaired) electrons. The highest BCUT2D eigenvalue weighted by atomic mass is 16.5. The predicted molar refractivity (Wildman–Crippen MR) is 108 cm³/mol. The Labute approximate surface area is 163 Å². The molecule has 28 heavy (non-hydrogen) atoms. The van der Waals surface area contributed by atoms with Crippen molar-refractivity contribution in [3.8, 4) is 28.4 Å². The van der Waals surface area contributed by atoms with E-state index in [-0.39, 0.29) is 5.91 Å². The molecule has 142 valence electrons. The molecule has 1 aliphatic heterocycles. The Kier molecular flexibility index (Phi) is 4.89. The van der Waals surface area contributed by atoms with Crippen molar-refractivity contribution in [2.24, 2.45) is 0 Å². The lowest BCUT2D eigenvalue weighted by Crippen LogP contribution is -2.31. The number of nitrogens with one attached hydrogen (secondary N) is 1. The summed E-state index contributed by atoms with van der Waals surface area (Å²) in [5.74, 6) is 2.12. The summed E-state index contributed by atoms with van der Waals surface area (Å²) in [7, 11) is 3.26. The minimum Gasteiger partial charge on any atom is -0.497 e. The molecule has 4 rings (SSSR count). The van der Waals surface area contributed by atoms with E-state index in [1.165, 1.54) is 0 Å². The monoisotopic (exact) mass is 375 g/mol. The number of anilines is 1. The highest BCUT2D eigenvalue weighted by Gasteiger charge is 2.28. The number of ether oxygens (including phenoxy) is 3. The van der Waals surface area contributed by atoms with Crippen LogP contribution in [0.2, 0.25) is 0 Å². The number of carbonyl (C=O) groups is 1. The number of carbonyl (C=O) groups excluding carboxylic acids is 1. The van der Waals surface area contributed by atoms with Gasteiger partial charge in [0.1, 0.15) is 17.2 Å². The van der Waals surface area contributed by atoms with Gasteiger partial charge in [0.15, 0.2) is 6.10 Å². The molecule has 0 aliphatic carbocycles. The number of amides is 1. The SMILES string of the molecule is COc1ccc(-c2cc(NC(=O)[C@@H]3Cc4ccccc4O3)ccc2OC)cc1. The number of rotatable bonds is 5. The molecule has 0 bridgehead atoms. The molecular weight excluding hydrogens is 354 g/mol. The van der Waals surface area contributed by atoms with Crippen LogP contribution in [0, 0.1) is 0 Å². The van der Waals surface area contributed by atoms with E-state index in [0.29, 0.717) is 12.1 Å². The van der Waals surface area contributed by atoms with Crippen LogP contribution in [0.1, 0.15) is 5.56 Å². The third-order valence-corrected chi connectivity index (χ3v) is 4.81. The summed E-state index contributed by atoms with van der Waals surface area (Å²) < 4.78 is 16.5. The number of benzene rings is 3. The molecule has 1 amide bonds. The molecule has 3 aromatic rings. The van der Waals surface area contributed by atoms with Gasteiger partial charge in [-0.3, -0.25) is 4.79 Å². The Balaban J connectivity index is 1.54. The smallest absolute Gasteiger partial charge is 0.265 e. The quantitative estimate of drug-likeness (QED) is 0.722. The van der Waals surface area contributed by atoms with Gasteiger partial charge in [-0.25, -0.2) is 0 Å². The van der Waals surface area contributed by atoms with E-state index < -0.39 is 6.10 Å². The van der Waals surface area contributed by atoms with E-state index in [2.05, 4.69) is 5.32 Å². The van der Waals surface area contributed by atoms with Crippen LogP contribution in [0.5, 0.6) is 17.2 Å². The van der Waals surface area contributed by atoms with Gasteiger partial charge < -0.3 is 19.5 Å². The van der Waals surface area contributed by atoms with Gasteiger partial charge in [0.25, 0.3) is 5.91 Å². The summed E-state index contributed by atoms with van der Waals surface area (Å²) in [5.41, 5.74) is 3.60. The first-order valence-electron chi connectivity index (χ1n) is 9.06. The maximum atomic E-state index is 12.7. The number of para-hydroxylation sites is 1. The Hall–Kier alpha value is -3.47. The van der Waals surface area contributed by atoms with E-state index in [4.69, 9.17) is 14.2 Å². The van der Waals surface area contributed by atoms with Crippen molar-refractivity contribution in [3.63, 3.8) is 0 Å². The van der Waals surface area contributed by atoms with Gasteiger partial charge in [-0.1, -0.05) is 30.3 Å². The Morgan fingerprint density at radius 3 is 2.50 bits per heavy atom. The summed E-state index contributed by atoms with van der Waals surface area (Å²) in [6.07, 6.45) is 0.0488. The molecule has 0 aromatic heterocycles. The number of methoxy groups -OCH3 is 2. The van der Waals surface area contributed by atoms with Crippen LogP contribution in [-0.4, -0.2) is 26.2 Å². The fraction of sp³-hybridized carbons (Fsp3) is 0.174. The molecule has 5 nitrogen and oxygen atoms in total. The van der Waals surface area contributed by atoms with Crippen molar-refractivity contribution in [1.82, 2.24) is 0 Å². The third-order valence-electron chi connectivity index (χ3n) is 4.81. The van der Waals surface area contributed by atoms with E-state index in [0.717, 1.165) is 33.9 Å². The summed E-state index contributed by atoms with van der Waals surface area (Å²) in [6.45, 7) is 0. The van der Waals surface area contributed by atoms with E-state index in [9.17, 15) is 4.79 Å². The lowest BCUT2D eigenvalue weighted by molar-refractivity contribution is -0.122. The first-order chi connectivity index (χ1) is 13.7. The first kappa shape index (κ1) is 17.9. The highest BCUT2D eigenvalue weighted by Crippen LogP contribution is 2.34. The van der Waals surface area contributed by atoms with Crippen LogP contribution in [0.25, 0.3) is 11.1 Å². The zero-order chi connectivity index (χ0) is 19.5. The van der Waals surface area contributed by atoms with Crippen molar-refractivity contribution in [1.29, 1.82) is 0 Å². The average Bonchev–Trinajstić information content (AvgIpc) is 3.18. The largest absolute Gasteiger partial charge is 0.497 e. The molecule has 0 spiro atoms. The lowest BCUT2D eigenvalue weighted by Gasteiger charge is -2.14. The summed E-state index contributed by atoms with van der Waals surface area (Å²) >= 11 is 0. The van der Waals surface area contributed by atoms with Crippen LogP contribution in [0.3, 0.4) is 0 Å². The molecule has 0 saturated heterocycles. The maximum Gasteiger partial charge on any atom is 0.265 e. The van der Waals surface area contributed by atoms with Crippen molar-refractivity contribution < 1.29 is 19.0 Å². The fourth-order valence-corrected chi connectivity index (χ4v) is 3.33. The fourth-order valence-electron chi connectivity index (χ4n) is 3.33. The molecule has 1 heterocycles. The molecule has 1 atom stereocenters. The Morgan fingerprint density at radius 2 is 1.79 bits per heavy atom. The average molecular weight is 375 g/mol. The minimum absolute atomic E-state index is 0.165. The topological polar surface area (TPSA) is 56.8 Å². The minimum atomic E-state index is -0.524. The van der Waals surface area contributed by atoms with Gasteiger partial charge in [-0.2, -0.15) is 0 Å². The van der Waals surface area contributed by atoms with Crippen molar-refractivity contribution in [2.75, 3.05) is 19.5 Å². The van der Waals surface area contributed by atoms with Crippen LogP contribution >= 0.6 is 0 Å². The van der Waals surface area contributed by atoms with Crippen LogP contribution in [0.4, 0.5) is 5.69 Å². The van der Waals surface area contributed by atoms with Gasteiger partial charge in [-0.05, 0) is 47.5 Å². The maximum absolute atomic E-state index is 12.7. The Bertz CT molecular complexity index is 973. The van der Waals surface area contributed by atoms with Gasteiger partial charge >= 0.3 is 0 Å². The van der Waals surface area contributed by atoms with Crippen molar-refractivity contribution in [2.45, 2.75) is 12.5 Å². The second-order valence-corrected chi connectivity index (χ2v) is 6.55. The lowest BCUT2D eigenvalue weighted by atomic mass is 10.0. The van der Waals surface area contributed by atoms with Gasteiger partial charge in [0, 0.05) is 17.7 Å². The molecule has 0 saturated carbocycles. The van der Waals surface area contributed by atoms with E-state index in [1.807, 2.05) is 66.7 Å². The molecule has 1 aliphatic rings. The molecule has 3 aromatic carbocycles. The third kappa shape index (κ3) is 3.51. The summed E-state index contributed by atoms with van der Waals surface area (Å²) in [5, 5.41) is 2.96. The molecule has 0 fully saturated rings. The predicted octanol–water partition coefficient (Wildman–Crippen LogP) is 4.31. The second kappa shape index (κ2) is 7.64. The number of hydrogen-bond donors (Lipinski definition) is 1. The van der Waals surface area contributed by atoms with Crippen LogP contribution < -0.4 is 19.5 Å². The van der Waals surface area contributed by atoms with Gasteiger partial charge in [0.2, 0.25) is 0 Å². The standard InChI is InChI=1S/C23H21NO4/c1-26-18-10-7-15(8-11-18)19-14-17(9-12-21(19)27-2)24-23(25)22-13-16-5-3-4-6-20(16)28-22/h3-12,14,22H,13H2,1-2H3,(H,24,25)/t22-/m0/s1. The Morgan fingerprint density at radius 1 is 1.00 bits per heavy atom. The van der Waals surface area contributed by atoms with E-state index in [1.54, 1.807) is 14.2 Å². The number of fused-ring (bicyclic) bond motifs is 1. The zero-order valence-corrected chi connectivity index (χ0v) is 15.8. The summed E-state index contributed by atoms with van der Waals surface area (Å²) in [6, 6.07) is 21.0. The summed E-state index contributed by atoms with van der Waals surface area (Å²) in [4.78, 5) is 12.7. The van der Waals surface area contributed by atoms with Crippen LogP contribution in [0.15, 0.2) is 66.7 Å². The zero-order valence-electron chi connectivity index (χ0n) is 15.8. The van der Waals surface area contributed by atoms with Gasteiger partial charge in [-0.15, -0.1) is 0 Å². The second-order valence-electron chi connectivity index (χ2n) is 6.55. The molecule has 5 heteroatoms. The van der Waals surface area contributed by atoms with Crippen LogP contribution in [-0.2, 0) is 11.2 Å². The number of hydrogen-bond acceptors (Lipinski definition) is 4. The van der Waals surface area contributed by atoms with Crippen molar-refractivity contribution >= 4 is 11.6 Å². The molecule has 1 N–H and O–H groups in total. The van der Waals surface area contributed by atoms with E-state index >= 15 is 0 Å². The molecule has 0 unspecified atom stereocenters. The first-order valence-corrected chi connectivity index (χ1v) is 9.06.